The number of carbonyl (C=O) groups is 1. The summed E-state index contributed by atoms with van der Waals surface area (Å²) in [4.78, 5) is 14.9. The minimum absolute atomic E-state index is 0. The number of nitrogens with one attached hydrogen (secondary N) is 1. The molecule has 3 rings (SSSR count). The van der Waals surface area contributed by atoms with E-state index in [9.17, 15) is 13.2 Å². The molecule has 1 aliphatic rings. The van der Waals surface area contributed by atoms with Gasteiger partial charge in [-0.25, -0.2) is 8.42 Å². The molecular formula is C22H30ClN3O5S. The molecular weight excluding hydrogens is 454 g/mol. The average Bonchev–Trinajstić information content (AvgIpc) is 2.79. The third kappa shape index (κ3) is 6.35. The first-order valence-electron chi connectivity index (χ1n) is 10.1. The largest absolute Gasteiger partial charge is 0.497 e. The van der Waals surface area contributed by atoms with E-state index >= 15 is 0 Å². The number of benzene rings is 2. The van der Waals surface area contributed by atoms with Gasteiger partial charge in [0.05, 0.1) is 19.1 Å². The van der Waals surface area contributed by atoms with Gasteiger partial charge in [0.25, 0.3) is 5.91 Å². The monoisotopic (exact) mass is 483 g/mol. The number of halogens is 1. The number of ether oxygens (including phenoxy) is 2. The molecule has 0 aliphatic carbocycles. The van der Waals surface area contributed by atoms with Crippen LogP contribution in [0.4, 0.5) is 0 Å². The molecule has 1 N–H and O–H groups in total. The highest BCUT2D eigenvalue weighted by Crippen LogP contribution is 2.22. The molecule has 0 spiro atoms. The average molecular weight is 484 g/mol. The second-order valence-corrected chi connectivity index (χ2v) is 9.35. The Kier molecular flexibility index (Phi) is 9.33. The summed E-state index contributed by atoms with van der Waals surface area (Å²) < 4.78 is 37.5. The van der Waals surface area contributed by atoms with Crippen molar-refractivity contribution in [3.05, 3.63) is 53.6 Å². The van der Waals surface area contributed by atoms with E-state index in [0.29, 0.717) is 61.2 Å². The molecule has 2 aromatic carbocycles. The molecule has 32 heavy (non-hydrogen) atoms. The van der Waals surface area contributed by atoms with Crippen LogP contribution in [0.25, 0.3) is 0 Å². The first kappa shape index (κ1) is 25.9. The highest BCUT2D eigenvalue weighted by atomic mass is 35.5. The Bertz CT molecular complexity index is 984. The summed E-state index contributed by atoms with van der Waals surface area (Å²) in [6.07, 6.45) is 0. The van der Waals surface area contributed by atoms with Crippen molar-refractivity contribution in [3.63, 3.8) is 0 Å². The van der Waals surface area contributed by atoms with Crippen LogP contribution in [0, 0.1) is 6.92 Å². The predicted molar refractivity (Wildman–Crippen MR) is 126 cm³/mol. The maximum Gasteiger partial charge on any atom is 0.251 e. The summed E-state index contributed by atoms with van der Waals surface area (Å²) >= 11 is 0. The van der Waals surface area contributed by atoms with Crippen molar-refractivity contribution in [1.29, 1.82) is 0 Å². The van der Waals surface area contributed by atoms with Gasteiger partial charge in [0, 0.05) is 50.9 Å². The van der Waals surface area contributed by atoms with Crippen LogP contribution in [0.2, 0.25) is 0 Å². The summed E-state index contributed by atoms with van der Waals surface area (Å²) in [5.74, 6) is 0.892. The van der Waals surface area contributed by atoms with E-state index in [1.54, 1.807) is 30.3 Å². The summed E-state index contributed by atoms with van der Waals surface area (Å²) in [5.41, 5.74) is 1.49. The zero-order valence-corrected chi connectivity index (χ0v) is 20.2. The molecule has 0 saturated carbocycles. The molecule has 1 amide bonds. The number of nitrogens with zero attached hydrogens (tertiary/aromatic N) is 2. The number of amides is 1. The van der Waals surface area contributed by atoms with Crippen LogP contribution in [0.3, 0.4) is 0 Å². The number of hydrogen-bond donors (Lipinski definition) is 1. The molecule has 10 heteroatoms. The van der Waals surface area contributed by atoms with Gasteiger partial charge in [-0.3, -0.25) is 9.69 Å². The van der Waals surface area contributed by atoms with E-state index < -0.39 is 10.0 Å². The Labute approximate surface area is 196 Å². The summed E-state index contributed by atoms with van der Waals surface area (Å²) in [7, 11) is -0.399. The van der Waals surface area contributed by atoms with Gasteiger partial charge in [0.2, 0.25) is 10.0 Å². The number of hydrogen-bond acceptors (Lipinski definition) is 6. The van der Waals surface area contributed by atoms with Crippen LogP contribution in [-0.4, -0.2) is 77.0 Å². The Balaban J connectivity index is 0.00000363. The zero-order chi connectivity index (χ0) is 22.4. The zero-order valence-electron chi connectivity index (χ0n) is 18.5. The molecule has 0 bridgehead atoms. The van der Waals surface area contributed by atoms with Crippen molar-refractivity contribution in [2.45, 2.75) is 11.8 Å². The van der Waals surface area contributed by atoms with E-state index in [1.807, 2.05) is 19.1 Å². The van der Waals surface area contributed by atoms with Gasteiger partial charge in [-0.2, -0.15) is 4.31 Å². The number of piperazine rings is 1. The highest BCUT2D eigenvalue weighted by molar-refractivity contribution is 7.89. The molecule has 0 aromatic heterocycles. The molecule has 2 aromatic rings. The van der Waals surface area contributed by atoms with Crippen molar-refractivity contribution in [2.24, 2.45) is 0 Å². The van der Waals surface area contributed by atoms with E-state index in [-0.39, 0.29) is 18.3 Å². The van der Waals surface area contributed by atoms with Crippen molar-refractivity contribution in [1.82, 2.24) is 14.5 Å². The number of methoxy groups -OCH3 is 2. The molecule has 1 heterocycles. The fourth-order valence-electron chi connectivity index (χ4n) is 3.42. The SMILES string of the molecule is COc1cc(OC)cc(C(=O)NCCN2CCN(S(=O)(=O)c3ccc(C)cc3)CC2)c1.Cl. The molecule has 0 radical (unpaired) electrons. The standard InChI is InChI=1S/C22H29N3O5S.ClH/c1-17-4-6-21(7-5-17)31(27,28)25-12-10-24(11-13-25)9-8-23-22(26)18-14-19(29-2)16-20(15-18)30-3;/h4-7,14-16H,8-13H2,1-3H3,(H,23,26);1H. The van der Waals surface area contributed by atoms with Gasteiger partial charge in [-0.15, -0.1) is 12.4 Å². The second kappa shape index (κ2) is 11.5. The summed E-state index contributed by atoms with van der Waals surface area (Å²) in [6, 6.07) is 12.0. The van der Waals surface area contributed by atoms with Gasteiger partial charge in [0.15, 0.2) is 0 Å². The molecule has 176 valence electrons. The Morgan fingerprint density at radius 1 is 0.969 bits per heavy atom. The lowest BCUT2D eigenvalue weighted by molar-refractivity contribution is 0.0944. The molecule has 0 unspecified atom stereocenters. The fraction of sp³-hybridized carbons (Fsp3) is 0.409. The summed E-state index contributed by atoms with van der Waals surface area (Å²) in [6.45, 7) is 5.13. The van der Waals surface area contributed by atoms with Crippen LogP contribution >= 0.6 is 12.4 Å². The van der Waals surface area contributed by atoms with Crippen molar-refractivity contribution in [2.75, 3.05) is 53.5 Å². The fourth-order valence-corrected chi connectivity index (χ4v) is 4.84. The minimum Gasteiger partial charge on any atom is -0.497 e. The topological polar surface area (TPSA) is 88.2 Å². The lowest BCUT2D eigenvalue weighted by atomic mass is 10.2. The third-order valence-corrected chi connectivity index (χ3v) is 7.23. The lowest BCUT2D eigenvalue weighted by Crippen LogP contribution is -2.50. The Morgan fingerprint density at radius 3 is 2.06 bits per heavy atom. The Hall–Kier alpha value is -2.33. The van der Waals surface area contributed by atoms with E-state index in [1.165, 1.54) is 18.5 Å². The highest BCUT2D eigenvalue weighted by Gasteiger charge is 2.28. The van der Waals surface area contributed by atoms with Crippen molar-refractivity contribution >= 4 is 28.3 Å². The van der Waals surface area contributed by atoms with Crippen LogP contribution in [0.15, 0.2) is 47.4 Å². The lowest BCUT2D eigenvalue weighted by Gasteiger charge is -2.34. The predicted octanol–water partition coefficient (Wildman–Crippen LogP) is 2.17. The molecule has 1 fully saturated rings. The van der Waals surface area contributed by atoms with E-state index in [2.05, 4.69) is 10.2 Å². The maximum atomic E-state index is 12.8. The van der Waals surface area contributed by atoms with E-state index in [4.69, 9.17) is 9.47 Å². The Morgan fingerprint density at radius 2 is 1.53 bits per heavy atom. The first-order chi connectivity index (χ1) is 14.8. The maximum absolute atomic E-state index is 12.8. The third-order valence-electron chi connectivity index (χ3n) is 5.32. The van der Waals surface area contributed by atoms with Crippen LogP contribution < -0.4 is 14.8 Å². The number of sulfonamides is 1. The first-order valence-corrected chi connectivity index (χ1v) is 11.6. The van der Waals surface area contributed by atoms with Gasteiger partial charge in [-0.1, -0.05) is 17.7 Å². The van der Waals surface area contributed by atoms with Crippen molar-refractivity contribution in [3.8, 4) is 11.5 Å². The number of carbonyl (C=O) groups excluding carboxylic acids is 1. The number of rotatable bonds is 8. The second-order valence-electron chi connectivity index (χ2n) is 7.42. The van der Waals surface area contributed by atoms with Gasteiger partial charge >= 0.3 is 0 Å². The smallest absolute Gasteiger partial charge is 0.251 e. The molecule has 1 aliphatic heterocycles. The number of aryl methyl sites for hydroxylation is 1. The molecule has 1 saturated heterocycles. The van der Waals surface area contributed by atoms with E-state index in [0.717, 1.165) is 5.56 Å². The van der Waals surface area contributed by atoms with Gasteiger partial charge < -0.3 is 14.8 Å². The quantitative estimate of drug-likeness (QED) is 0.619. The normalized spacial score (nSPS) is 15.0. The van der Waals surface area contributed by atoms with Crippen molar-refractivity contribution < 1.29 is 22.7 Å². The van der Waals surface area contributed by atoms with Gasteiger partial charge in [0.1, 0.15) is 11.5 Å². The van der Waals surface area contributed by atoms with Crippen LogP contribution in [0.5, 0.6) is 11.5 Å². The van der Waals surface area contributed by atoms with Crippen LogP contribution in [0.1, 0.15) is 15.9 Å². The molecule has 0 atom stereocenters. The van der Waals surface area contributed by atoms with Gasteiger partial charge in [-0.05, 0) is 31.2 Å². The summed E-state index contributed by atoms with van der Waals surface area (Å²) in [5, 5.41) is 2.90. The van der Waals surface area contributed by atoms with Crippen LogP contribution in [-0.2, 0) is 10.0 Å². The molecule has 8 nitrogen and oxygen atoms in total. The minimum atomic E-state index is -3.47.